The number of amides is 3. The van der Waals surface area contributed by atoms with Gasteiger partial charge in [0.2, 0.25) is 11.9 Å². The van der Waals surface area contributed by atoms with Crippen molar-refractivity contribution in [1.82, 2.24) is 14.9 Å². The number of fused-ring (bicyclic) bond motifs is 1. The fourth-order valence-corrected chi connectivity index (χ4v) is 3.98. The molecule has 7 nitrogen and oxygen atoms in total. The molecule has 1 N–H and O–H groups in total. The molecule has 1 aromatic heterocycles. The Labute approximate surface area is 156 Å². The number of hydrogen-bond acceptors (Lipinski definition) is 5. The van der Waals surface area contributed by atoms with Crippen molar-refractivity contribution < 1.29 is 14.4 Å². The van der Waals surface area contributed by atoms with Crippen molar-refractivity contribution in [2.45, 2.75) is 25.7 Å². The van der Waals surface area contributed by atoms with Gasteiger partial charge in [-0.3, -0.25) is 24.6 Å². The predicted octanol–water partition coefficient (Wildman–Crippen LogP) is 2.52. The molecule has 1 saturated carbocycles. The van der Waals surface area contributed by atoms with Crippen LogP contribution < -0.4 is 5.32 Å². The molecule has 0 bridgehead atoms. The van der Waals surface area contributed by atoms with Crippen molar-refractivity contribution in [1.29, 1.82) is 0 Å². The highest BCUT2D eigenvalue weighted by Crippen LogP contribution is 2.33. The third-order valence-electron chi connectivity index (χ3n) is 5.34. The minimum Gasteiger partial charge on any atom is -0.294 e. The molecule has 0 spiro atoms. The number of nitrogens with zero attached hydrogens (tertiary/aromatic N) is 3. The normalized spacial score (nSPS) is 21.9. The molecule has 2 atom stereocenters. The van der Waals surface area contributed by atoms with E-state index in [1.165, 1.54) is 4.90 Å². The van der Waals surface area contributed by atoms with Crippen molar-refractivity contribution in [3.63, 3.8) is 0 Å². The molecule has 0 radical (unpaired) electrons. The lowest BCUT2D eigenvalue weighted by Crippen LogP contribution is -2.41. The highest BCUT2D eigenvalue weighted by molar-refractivity contribution is 6.21. The van der Waals surface area contributed by atoms with E-state index in [9.17, 15) is 14.4 Å². The van der Waals surface area contributed by atoms with Crippen molar-refractivity contribution in [3.05, 3.63) is 53.9 Å². The number of nitrogens with one attached hydrogen (secondary N) is 1. The van der Waals surface area contributed by atoms with Gasteiger partial charge in [-0.15, -0.1) is 0 Å². The van der Waals surface area contributed by atoms with Crippen LogP contribution >= 0.6 is 0 Å². The van der Waals surface area contributed by atoms with Gasteiger partial charge in [-0.05, 0) is 37.0 Å². The second-order valence-corrected chi connectivity index (χ2v) is 6.98. The van der Waals surface area contributed by atoms with E-state index in [2.05, 4.69) is 15.3 Å². The lowest BCUT2D eigenvalue weighted by Gasteiger charge is -2.32. The number of anilines is 1. The molecule has 1 fully saturated rings. The van der Waals surface area contributed by atoms with Crippen molar-refractivity contribution in [3.8, 4) is 0 Å². The Kier molecular flexibility index (Phi) is 4.66. The smallest absolute Gasteiger partial charge is 0.261 e. The Morgan fingerprint density at radius 2 is 1.63 bits per heavy atom. The third-order valence-corrected chi connectivity index (χ3v) is 5.34. The van der Waals surface area contributed by atoms with Gasteiger partial charge in [-0.2, -0.15) is 0 Å². The van der Waals surface area contributed by atoms with Gasteiger partial charge >= 0.3 is 0 Å². The van der Waals surface area contributed by atoms with E-state index in [0.717, 1.165) is 25.7 Å². The van der Waals surface area contributed by atoms with Gasteiger partial charge in [-0.1, -0.05) is 25.0 Å². The maximum absolute atomic E-state index is 12.8. The summed E-state index contributed by atoms with van der Waals surface area (Å²) in [5, 5.41) is 2.76. The molecule has 2 aromatic rings. The number of rotatable bonds is 4. The molecule has 27 heavy (non-hydrogen) atoms. The summed E-state index contributed by atoms with van der Waals surface area (Å²) in [4.78, 5) is 47.4. The van der Waals surface area contributed by atoms with Crippen LogP contribution in [0.5, 0.6) is 0 Å². The number of hydrogen-bond donors (Lipinski definition) is 1. The largest absolute Gasteiger partial charge is 0.294 e. The van der Waals surface area contributed by atoms with Gasteiger partial charge in [0.15, 0.2) is 0 Å². The van der Waals surface area contributed by atoms with E-state index in [4.69, 9.17) is 0 Å². The van der Waals surface area contributed by atoms with Gasteiger partial charge in [-0.25, -0.2) is 9.97 Å². The van der Waals surface area contributed by atoms with Crippen LogP contribution in [0.4, 0.5) is 5.95 Å². The van der Waals surface area contributed by atoms with Crippen LogP contribution in [-0.4, -0.2) is 39.1 Å². The molecule has 2 heterocycles. The summed E-state index contributed by atoms with van der Waals surface area (Å²) in [5.74, 6) is -0.759. The SMILES string of the molecule is O=C(Nc1ncccn1)C1CCCCC1CN1C(=O)c2ccccc2C1=O. The molecule has 7 heteroatoms. The molecule has 2 aliphatic rings. The number of carbonyl (C=O) groups excluding carboxylic acids is 3. The molecular formula is C20H20N4O3. The molecule has 1 aromatic carbocycles. The molecule has 3 amide bonds. The molecule has 138 valence electrons. The monoisotopic (exact) mass is 364 g/mol. The van der Waals surface area contributed by atoms with Crippen LogP contribution in [0.2, 0.25) is 0 Å². The highest BCUT2D eigenvalue weighted by atomic mass is 16.2. The van der Waals surface area contributed by atoms with E-state index in [0.29, 0.717) is 11.1 Å². The maximum Gasteiger partial charge on any atom is 0.261 e. The Balaban J connectivity index is 1.49. The van der Waals surface area contributed by atoms with Crippen molar-refractivity contribution in [2.24, 2.45) is 11.8 Å². The van der Waals surface area contributed by atoms with Crippen molar-refractivity contribution in [2.75, 3.05) is 11.9 Å². The van der Waals surface area contributed by atoms with Crippen LogP contribution in [0.3, 0.4) is 0 Å². The first-order valence-corrected chi connectivity index (χ1v) is 9.18. The van der Waals surface area contributed by atoms with E-state index in [1.54, 1.807) is 42.7 Å². The fourth-order valence-electron chi connectivity index (χ4n) is 3.98. The second kappa shape index (κ2) is 7.26. The van der Waals surface area contributed by atoms with E-state index in [1.807, 2.05) is 0 Å². The van der Waals surface area contributed by atoms with E-state index >= 15 is 0 Å². The Morgan fingerprint density at radius 1 is 1.00 bits per heavy atom. The Hall–Kier alpha value is -3.09. The maximum atomic E-state index is 12.8. The number of aromatic nitrogens is 2. The summed E-state index contributed by atoms with van der Waals surface area (Å²) in [6, 6.07) is 8.54. The molecule has 0 saturated heterocycles. The lowest BCUT2D eigenvalue weighted by molar-refractivity contribution is -0.122. The first kappa shape index (κ1) is 17.3. The van der Waals surface area contributed by atoms with Crippen LogP contribution in [0.1, 0.15) is 46.4 Å². The van der Waals surface area contributed by atoms with Gasteiger partial charge in [0.05, 0.1) is 11.1 Å². The highest BCUT2D eigenvalue weighted by Gasteiger charge is 2.40. The third kappa shape index (κ3) is 3.32. The van der Waals surface area contributed by atoms with E-state index < -0.39 is 0 Å². The zero-order valence-corrected chi connectivity index (χ0v) is 14.8. The molecule has 1 aliphatic carbocycles. The lowest BCUT2D eigenvalue weighted by atomic mass is 9.78. The average molecular weight is 364 g/mol. The van der Waals surface area contributed by atoms with Crippen LogP contribution in [0.25, 0.3) is 0 Å². The first-order chi connectivity index (χ1) is 13.1. The topological polar surface area (TPSA) is 92.3 Å². The molecule has 4 rings (SSSR count). The van der Waals surface area contributed by atoms with Crippen LogP contribution in [0, 0.1) is 11.8 Å². The zero-order valence-electron chi connectivity index (χ0n) is 14.8. The Bertz CT molecular complexity index is 849. The van der Waals surface area contributed by atoms with Crippen LogP contribution in [-0.2, 0) is 4.79 Å². The Morgan fingerprint density at radius 3 is 2.30 bits per heavy atom. The summed E-state index contributed by atoms with van der Waals surface area (Å²) < 4.78 is 0. The summed E-state index contributed by atoms with van der Waals surface area (Å²) in [6.45, 7) is 0.264. The summed E-state index contributed by atoms with van der Waals surface area (Å²) in [7, 11) is 0. The van der Waals surface area contributed by atoms with Crippen molar-refractivity contribution >= 4 is 23.7 Å². The predicted molar refractivity (Wildman–Crippen MR) is 97.9 cm³/mol. The minimum absolute atomic E-state index is 0.0651. The second-order valence-electron chi connectivity index (χ2n) is 6.98. The first-order valence-electron chi connectivity index (χ1n) is 9.18. The standard InChI is InChI=1S/C20H20N4O3/c25-17(23-20-21-10-5-11-22-20)14-7-2-1-6-13(14)12-24-18(26)15-8-3-4-9-16(15)19(24)27/h3-5,8-11,13-14H,1-2,6-7,12H2,(H,21,22,23,25). The molecule has 2 unspecified atom stereocenters. The number of benzene rings is 1. The van der Waals surface area contributed by atoms with E-state index in [-0.39, 0.29) is 42.1 Å². The molecular weight excluding hydrogens is 344 g/mol. The number of carbonyl (C=O) groups is 3. The van der Waals surface area contributed by atoms with Crippen LogP contribution in [0.15, 0.2) is 42.7 Å². The van der Waals surface area contributed by atoms with Gasteiger partial charge in [0.1, 0.15) is 0 Å². The fraction of sp³-hybridized carbons (Fsp3) is 0.350. The average Bonchev–Trinajstić information content (AvgIpc) is 2.94. The van der Waals surface area contributed by atoms with Gasteiger partial charge in [0, 0.05) is 24.9 Å². The van der Waals surface area contributed by atoms with Gasteiger partial charge in [0.25, 0.3) is 11.8 Å². The minimum atomic E-state index is -0.272. The molecule has 1 aliphatic heterocycles. The number of imide groups is 1. The summed E-state index contributed by atoms with van der Waals surface area (Å²) >= 11 is 0. The summed E-state index contributed by atoms with van der Waals surface area (Å²) in [6.07, 6.45) is 6.61. The summed E-state index contributed by atoms with van der Waals surface area (Å²) in [5.41, 5.74) is 0.883. The van der Waals surface area contributed by atoms with Gasteiger partial charge < -0.3 is 0 Å². The quantitative estimate of drug-likeness (QED) is 0.842. The zero-order chi connectivity index (χ0) is 18.8.